The number of aliphatic hydroxyl groups is 1. The number of aliphatic hydroxyl groups excluding tert-OH is 1. The van der Waals surface area contributed by atoms with E-state index in [1.54, 1.807) is 4.31 Å². The molecule has 4 saturated heterocycles. The van der Waals surface area contributed by atoms with Crippen LogP contribution in [-0.4, -0.2) is 90.3 Å². The molecule has 34 heavy (non-hydrogen) atoms. The molecule has 8 nitrogen and oxygen atoms in total. The lowest BCUT2D eigenvalue weighted by Crippen LogP contribution is -2.50. The van der Waals surface area contributed by atoms with Crippen molar-refractivity contribution in [1.82, 2.24) is 19.6 Å². The average Bonchev–Trinajstić information content (AvgIpc) is 3.47. The summed E-state index contributed by atoms with van der Waals surface area (Å²) in [7, 11) is -3.15. The summed E-state index contributed by atoms with van der Waals surface area (Å²) in [4.78, 5) is 15.4. The van der Waals surface area contributed by atoms with Gasteiger partial charge in [0, 0.05) is 57.3 Å². The molecule has 5 aliphatic rings. The zero-order valence-electron chi connectivity index (χ0n) is 20.8. The Morgan fingerprint density at radius 1 is 0.941 bits per heavy atom. The molecule has 0 spiro atoms. The Hall–Kier alpha value is -0.740. The molecule has 5 fully saturated rings. The highest BCUT2D eigenvalue weighted by molar-refractivity contribution is 7.89. The van der Waals surface area contributed by atoms with Gasteiger partial charge in [0.25, 0.3) is 0 Å². The van der Waals surface area contributed by atoms with Crippen LogP contribution in [0.25, 0.3) is 0 Å². The van der Waals surface area contributed by atoms with Gasteiger partial charge in [-0.15, -0.1) is 0 Å². The van der Waals surface area contributed by atoms with E-state index in [9.17, 15) is 18.3 Å². The second kappa shape index (κ2) is 10.3. The highest BCUT2D eigenvalue weighted by Crippen LogP contribution is 2.41. The van der Waals surface area contributed by atoms with Crippen LogP contribution in [0.1, 0.15) is 71.1 Å². The molecular weight excluding hydrogens is 452 g/mol. The maximum atomic E-state index is 13.5. The van der Waals surface area contributed by atoms with Crippen molar-refractivity contribution in [3.63, 3.8) is 0 Å². The number of rotatable bonds is 5. The van der Waals surface area contributed by atoms with E-state index in [0.29, 0.717) is 31.5 Å². The van der Waals surface area contributed by atoms with Gasteiger partial charge in [0.05, 0.1) is 11.2 Å². The minimum atomic E-state index is -3.15. The first kappa shape index (κ1) is 24.9. The number of hydrogen-bond acceptors (Lipinski definition) is 6. The van der Waals surface area contributed by atoms with Crippen molar-refractivity contribution >= 4 is 15.9 Å². The quantitative estimate of drug-likeness (QED) is 0.603. The van der Waals surface area contributed by atoms with E-state index < -0.39 is 10.0 Å². The fourth-order valence-electron chi connectivity index (χ4n) is 7.58. The molecule has 5 unspecified atom stereocenters. The largest absolute Gasteiger partial charge is 0.396 e. The van der Waals surface area contributed by atoms with Crippen LogP contribution in [0.5, 0.6) is 0 Å². The van der Waals surface area contributed by atoms with E-state index in [2.05, 4.69) is 17.4 Å². The molecule has 9 heteroatoms. The van der Waals surface area contributed by atoms with Gasteiger partial charge in [-0.3, -0.25) is 10.2 Å². The number of amides is 1. The number of nitrogens with zero attached hydrogens (tertiary/aromatic N) is 3. The summed E-state index contributed by atoms with van der Waals surface area (Å²) >= 11 is 0. The second-order valence-corrected chi connectivity index (χ2v) is 13.9. The number of sulfonamides is 1. The Morgan fingerprint density at radius 3 is 2.32 bits per heavy atom. The smallest absolute Gasteiger partial charge is 0.228 e. The number of carbonyl (C=O) groups is 1. The maximum Gasteiger partial charge on any atom is 0.228 e. The van der Waals surface area contributed by atoms with Crippen LogP contribution in [-0.2, 0) is 14.8 Å². The number of piperidine rings is 2. The Kier molecular flexibility index (Phi) is 7.57. The third-order valence-electron chi connectivity index (χ3n) is 9.65. The highest BCUT2D eigenvalue weighted by atomic mass is 32.2. The molecule has 4 heterocycles. The van der Waals surface area contributed by atoms with Crippen LogP contribution >= 0.6 is 0 Å². The van der Waals surface area contributed by atoms with Crippen molar-refractivity contribution in [3.8, 4) is 0 Å². The number of fused-ring (bicyclic) bond motifs is 1. The summed E-state index contributed by atoms with van der Waals surface area (Å²) in [5.74, 6) is 1.55. The van der Waals surface area contributed by atoms with Gasteiger partial charge in [-0.05, 0) is 63.7 Å². The molecule has 0 aromatic carbocycles. The molecule has 0 aromatic rings. The lowest BCUT2D eigenvalue weighted by Gasteiger charge is -2.43. The van der Waals surface area contributed by atoms with E-state index >= 15 is 0 Å². The molecule has 1 amide bonds. The van der Waals surface area contributed by atoms with Gasteiger partial charge in [0.15, 0.2) is 0 Å². The van der Waals surface area contributed by atoms with E-state index in [0.717, 1.165) is 70.9 Å². The fraction of sp³-hybridized carbons (Fsp3) is 0.960. The van der Waals surface area contributed by atoms with E-state index in [4.69, 9.17) is 0 Å². The van der Waals surface area contributed by atoms with Crippen molar-refractivity contribution < 1.29 is 18.3 Å². The molecule has 194 valence electrons. The summed E-state index contributed by atoms with van der Waals surface area (Å²) in [6.07, 6.45) is 9.87. The lowest BCUT2D eigenvalue weighted by atomic mass is 9.74. The monoisotopic (exact) mass is 496 g/mol. The number of carbonyl (C=O) groups excluding carboxylic acids is 1. The highest BCUT2D eigenvalue weighted by Gasteiger charge is 2.49. The molecule has 5 rings (SSSR count). The molecule has 0 bridgehead atoms. The van der Waals surface area contributed by atoms with Crippen molar-refractivity contribution in [2.45, 2.75) is 88.5 Å². The Labute approximate surface area is 205 Å². The molecule has 0 aromatic heterocycles. The molecule has 2 N–H and O–H groups in total. The first-order chi connectivity index (χ1) is 16.4. The molecule has 4 aliphatic heterocycles. The number of hydrazine groups is 1. The average molecular weight is 497 g/mol. The third-order valence-corrected chi connectivity index (χ3v) is 12.0. The Morgan fingerprint density at radius 2 is 1.65 bits per heavy atom. The molecule has 5 atom stereocenters. The maximum absolute atomic E-state index is 13.5. The van der Waals surface area contributed by atoms with Crippen LogP contribution in [0.2, 0.25) is 0 Å². The van der Waals surface area contributed by atoms with Gasteiger partial charge in [-0.1, -0.05) is 19.3 Å². The van der Waals surface area contributed by atoms with Gasteiger partial charge < -0.3 is 10.0 Å². The molecule has 0 radical (unpaired) electrons. The second-order valence-electron chi connectivity index (χ2n) is 11.7. The van der Waals surface area contributed by atoms with Crippen LogP contribution in [0, 0.1) is 23.7 Å². The van der Waals surface area contributed by atoms with Crippen LogP contribution in [0.3, 0.4) is 0 Å². The summed E-state index contributed by atoms with van der Waals surface area (Å²) in [5, 5.41) is 11.6. The first-order valence-corrected chi connectivity index (χ1v) is 15.3. The zero-order valence-corrected chi connectivity index (χ0v) is 21.6. The van der Waals surface area contributed by atoms with Gasteiger partial charge >= 0.3 is 0 Å². The number of nitrogens with one attached hydrogen (secondary N) is 1. The van der Waals surface area contributed by atoms with Crippen molar-refractivity contribution in [1.29, 1.82) is 0 Å². The van der Waals surface area contributed by atoms with E-state index in [1.165, 1.54) is 6.42 Å². The fourth-order valence-corrected chi connectivity index (χ4v) is 9.65. The van der Waals surface area contributed by atoms with E-state index in [1.807, 2.05) is 4.90 Å². The lowest BCUT2D eigenvalue weighted by molar-refractivity contribution is -0.136. The SMILES string of the molecule is CC1NN2CCC(C3CCN(S(=O)(=O)C4CCCCC4)CC3)CC2C1C(=O)N1CCC(CO)C1. The van der Waals surface area contributed by atoms with Crippen LogP contribution in [0.15, 0.2) is 0 Å². The first-order valence-electron chi connectivity index (χ1n) is 13.8. The zero-order chi connectivity index (χ0) is 23.9. The Balaban J connectivity index is 1.18. The predicted molar refractivity (Wildman–Crippen MR) is 131 cm³/mol. The van der Waals surface area contributed by atoms with Gasteiger partial charge in [0.1, 0.15) is 0 Å². The summed E-state index contributed by atoms with van der Waals surface area (Å²) in [6.45, 7) is 6.03. The summed E-state index contributed by atoms with van der Waals surface area (Å²) < 4.78 is 28.1. The number of hydrogen-bond donors (Lipinski definition) is 2. The minimum absolute atomic E-state index is 0.0352. The standard InChI is InChI=1S/C25H44N4O4S/c1-18-24(25(31)27-11-7-19(16-27)17-30)23-15-21(10-14-29(23)26-18)20-8-12-28(13-9-20)34(32,33)22-5-3-2-4-6-22/h18-24,26,30H,2-17H2,1H3. The van der Waals surface area contributed by atoms with Gasteiger partial charge in [-0.2, -0.15) is 0 Å². The van der Waals surface area contributed by atoms with Crippen LogP contribution in [0.4, 0.5) is 0 Å². The van der Waals surface area contributed by atoms with Crippen molar-refractivity contribution in [2.75, 3.05) is 39.3 Å². The van der Waals surface area contributed by atoms with Crippen molar-refractivity contribution in [3.05, 3.63) is 0 Å². The Bertz CT molecular complexity index is 825. The molecule has 1 saturated carbocycles. The summed E-state index contributed by atoms with van der Waals surface area (Å²) in [5.41, 5.74) is 3.57. The molecule has 1 aliphatic carbocycles. The van der Waals surface area contributed by atoms with Crippen LogP contribution < -0.4 is 5.43 Å². The minimum Gasteiger partial charge on any atom is -0.396 e. The summed E-state index contributed by atoms with van der Waals surface area (Å²) in [6, 6.07) is 0.352. The molecular formula is C25H44N4O4S. The van der Waals surface area contributed by atoms with Crippen molar-refractivity contribution in [2.24, 2.45) is 23.7 Å². The van der Waals surface area contributed by atoms with Gasteiger partial charge in [-0.25, -0.2) is 17.7 Å². The third kappa shape index (κ3) is 4.80. The predicted octanol–water partition coefficient (Wildman–Crippen LogP) is 1.81. The van der Waals surface area contributed by atoms with E-state index in [-0.39, 0.29) is 41.7 Å². The van der Waals surface area contributed by atoms with Gasteiger partial charge in [0.2, 0.25) is 15.9 Å². The normalized spacial score (nSPS) is 37.2. The number of likely N-dealkylation sites (tertiary alicyclic amines) is 1. The topological polar surface area (TPSA) is 93.2 Å².